The monoisotopic (exact) mass is 435 g/mol. The van der Waals surface area contributed by atoms with Gasteiger partial charge < -0.3 is 15.4 Å². The molecule has 7 nitrogen and oxygen atoms in total. The molecule has 2 fully saturated rings. The molecule has 3 heterocycles. The van der Waals surface area contributed by atoms with E-state index in [0.717, 1.165) is 49.2 Å². The van der Waals surface area contributed by atoms with Crippen molar-refractivity contribution in [2.75, 3.05) is 43.4 Å². The number of aromatic nitrogens is 1. The van der Waals surface area contributed by atoms with E-state index in [1.165, 1.54) is 35.3 Å². The van der Waals surface area contributed by atoms with Gasteiger partial charge in [0.1, 0.15) is 12.4 Å². The lowest BCUT2D eigenvalue weighted by Crippen LogP contribution is -2.45. The van der Waals surface area contributed by atoms with Gasteiger partial charge in [-0.2, -0.15) is 0 Å². The van der Waals surface area contributed by atoms with Gasteiger partial charge in [0.2, 0.25) is 0 Å². The fourth-order valence-electron chi connectivity index (χ4n) is 4.78. The minimum Gasteiger partial charge on any atom is -0.444 e. The molecule has 5 rings (SSSR count). The number of rotatable bonds is 7. The highest BCUT2D eigenvalue weighted by Crippen LogP contribution is 2.40. The number of benzene rings is 1. The number of pyridine rings is 1. The molecule has 2 aliphatic heterocycles. The molecule has 0 bridgehead atoms. The number of anilines is 2. The largest absolute Gasteiger partial charge is 0.444 e. The van der Waals surface area contributed by atoms with E-state index in [0.29, 0.717) is 6.04 Å². The SMILES string of the molecule is C[C@H](Nc1cc2c(cn1)COC(=O)N2C)c1ccc(C(CC2CC2)N2CCNCC2)cc1. The van der Waals surface area contributed by atoms with Gasteiger partial charge >= 0.3 is 6.09 Å². The van der Waals surface area contributed by atoms with Gasteiger partial charge in [-0.25, -0.2) is 9.78 Å². The maximum Gasteiger partial charge on any atom is 0.414 e. The van der Waals surface area contributed by atoms with Crippen LogP contribution in [0.2, 0.25) is 0 Å². The van der Waals surface area contributed by atoms with Crippen LogP contribution in [0.1, 0.15) is 55.0 Å². The second-order valence-electron chi connectivity index (χ2n) is 9.33. The van der Waals surface area contributed by atoms with Crippen molar-refractivity contribution in [3.05, 3.63) is 53.2 Å². The predicted molar refractivity (Wildman–Crippen MR) is 126 cm³/mol. The molecule has 1 aliphatic carbocycles. The Morgan fingerprint density at radius 3 is 2.62 bits per heavy atom. The standard InChI is InChI=1S/C25H33N5O2/c1-17(28-24-14-22-21(15-27-24)16-32-25(31)29(22)2)19-5-7-20(8-6-19)23(13-18-3-4-18)30-11-9-26-10-12-30/h5-8,14-15,17-18,23,26H,3-4,9-13,16H2,1-2H3,(H,27,28)/t17-,23?/m0/s1. The number of hydrogen-bond donors (Lipinski definition) is 2. The van der Waals surface area contributed by atoms with Crippen molar-refractivity contribution in [1.82, 2.24) is 15.2 Å². The lowest BCUT2D eigenvalue weighted by atomic mass is 9.96. The molecule has 3 aliphatic rings. The number of carbonyl (C=O) groups is 1. The van der Waals surface area contributed by atoms with Gasteiger partial charge in [0.25, 0.3) is 0 Å². The van der Waals surface area contributed by atoms with Crippen molar-refractivity contribution in [2.45, 2.75) is 44.9 Å². The molecule has 2 aromatic rings. The molecule has 0 radical (unpaired) electrons. The molecule has 2 N–H and O–H groups in total. The lowest BCUT2D eigenvalue weighted by molar-refractivity contribution is 0.143. The second-order valence-corrected chi connectivity index (χ2v) is 9.33. The molecule has 1 unspecified atom stereocenters. The highest BCUT2D eigenvalue weighted by Gasteiger charge is 2.30. The fraction of sp³-hybridized carbons (Fsp3) is 0.520. The van der Waals surface area contributed by atoms with Crippen molar-refractivity contribution in [3.8, 4) is 0 Å². The number of amides is 1. The zero-order chi connectivity index (χ0) is 22.1. The Hall–Kier alpha value is -2.64. The van der Waals surface area contributed by atoms with E-state index in [-0.39, 0.29) is 18.7 Å². The van der Waals surface area contributed by atoms with Gasteiger partial charge in [0, 0.05) is 63.1 Å². The molecule has 7 heteroatoms. The van der Waals surface area contributed by atoms with E-state index in [4.69, 9.17) is 4.74 Å². The normalized spacial score (nSPS) is 20.9. The average molecular weight is 436 g/mol. The van der Waals surface area contributed by atoms with E-state index in [2.05, 4.69) is 51.7 Å². The van der Waals surface area contributed by atoms with E-state index in [1.807, 2.05) is 6.07 Å². The summed E-state index contributed by atoms with van der Waals surface area (Å²) in [5, 5.41) is 6.97. The Bertz CT molecular complexity index is 953. The van der Waals surface area contributed by atoms with Gasteiger partial charge in [0.15, 0.2) is 0 Å². The molecule has 1 aromatic carbocycles. The molecule has 1 amide bonds. The van der Waals surface area contributed by atoms with Crippen LogP contribution in [-0.4, -0.2) is 49.2 Å². The Kier molecular flexibility index (Phi) is 6.02. The number of nitrogens with zero attached hydrogens (tertiary/aromatic N) is 3. The van der Waals surface area contributed by atoms with Crippen LogP contribution in [0.4, 0.5) is 16.3 Å². The van der Waals surface area contributed by atoms with Crippen LogP contribution >= 0.6 is 0 Å². The topological polar surface area (TPSA) is 69.7 Å². The van der Waals surface area contributed by atoms with Gasteiger partial charge in [0.05, 0.1) is 5.69 Å². The van der Waals surface area contributed by atoms with Gasteiger partial charge in [-0.05, 0) is 30.4 Å². The summed E-state index contributed by atoms with van der Waals surface area (Å²) in [6.45, 7) is 6.85. The summed E-state index contributed by atoms with van der Waals surface area (Å²) >= 11 is 0. The van der Waals surface area contributed by atoms with Crippen LogP contribution in [-0.2, 0) is 11.3 Å². The highest BCUT2D eigenvalue weighted by molar-refractivity contribution is 5.90. The summed E-state index contributed by atoms with van der Waals surface area (Å²) in [5.74, 6) is 1.66. The van der Waals surface area contributed by atoms with Crippen LogP contribution < -0.4 is 15.5 Å². The number of cyclic esters (lactones) is 1. The van der Waals surface area contributed by atoms with Crippen molar-refractivity contribution >= 4 is 17.6 Å². The Labute approximate surface area is 190 Å². The molecule has 0 spiro atoms. The molecule has 170 valence electrons. The van der Waals surface area contributed by atoms with Gasteiger partial charge in [-0.3, -0.25) is 9.80 Å². The first-order valence-corrected chi connectivity index (χ1v) is 11.8. The average Bonchev–Trinajstić information content (AvgIpc) is 3.65. The first kappa shape index (κ1) is 21.2. The molecular weight excluding hydrogens is 402 g/mol. The van der Waals surface area contributed by atoms with Crippen molar-refractivity contribution in [1.29, 1.82) is 0 Å². The van der Waals surface area contributed by atoms with E-state index in [1.54, 1.807) is 13.2 Å². The summed E-state index contributed by atoms with van der Waals surface area (Å²) in [6, 6.07) is 11.7. The fourth-order valence-corrected chi connectivity index (χ4v) is 4.78. The first-order valence-electron chi connectivity index (χ1n) is 11.8. The molecule has 2 atom stereocenters. The van der Waals surface area contributed by atoms with E-state index >= 15 is 0 Å². The van der Waals surface area contributed by atoms with Gasteiger partial charge in [-0.1, -0.05) is 37.1 Å². The number of carbonyl (C=O) groups excluding carboxylic acids is 1. The maximum atomic E-state index is 11.8. The van der Waals surface area contributed by atoms with Crippen LogP contribution in [0, 0.1) is 5.92 Å². The lowest BCUT2D eigenvalue weighted by Gasteiger charge is -2.35. The predicted octanol–water partition coefficient (Wildman–Crippen LogP) is 4.09. The smallest absolute Gasteiger partial charge is 0.414 e. The third-order valence-corrected chi connectivity index (χ3v) is 6.98. The number of fused-ring (bicyclic) bond motifs is 1. The molecule has 1 aromatic heterocycles. The minimum atomic E-state index is -0.330. The number of ether oxygens (including phenoxy) is 1. The quantitative estimate of drug-likeness (QED) is 0.683. The Balaban J connectivity index is 1.28. The first-order chi connectivity index (χ1) is 15.6. The van der Waals surface area contributed by atoms with E-state index < -0.39 is 0 Å². The summed E-state index contributed by atoms with van der Waals surface area (Å²) in [4.78, 5) is 20.5. The Morgan fingerprint density at radius 1 is 1.19 bits per heavy atom. The molecular formula is C25H33N5O2. The number of hydrogen-bond acceptors (Lipinski definition) is 6. The minimum absolute atomic E-state index is 0.108. The third kappa shape index (κ3) is 4.59. The summed E-state index contributed by atoms with van der Waals surface area (Å²) in [7, 11) is 1.72. The zero-order valence-electron chi connectivity index (χ0n) is 19.0. The van der Waals surface area contributed by atoms with Gasteiger partial charge in [-0.15, -0.1) is 0 Å². The molecule has 1 saturated carbocycles. The van der Waals surface area contributed by atoms with Crippen molar-refractivity contribution < 1.29 is 9.53 Å². The van der Waals surface area contributed by atoms with Crippen LogP contribution in [0.15, 0.2) is 36.5 Å². The second kappa shape index (κ2) is 9.08. The summed E-state index contributed by atoms with van der Waals surface area (Å²) in [6.07, 6.45) is 5.52. The van der Waals surface area contributed by atoms with Crippen LogP contribution in [0.25, 0.3) is 0 Å². The maximum absolute atomic E-state index is 11.8. The number of piperazine rings is 1. The Morgan fingerprint density at radius 2 is 1.91 bits per heavy atom. The highest BCUT2D eigenvalue weighted by atomic mass is 16.6. The molecule has 32 heavy (non-hydrogen) atoms. The summed E-state index contributed by atoms with van der Waals surface area (Å²) in [5.41, 5.74) is 4.43. The molecule has 1 saturated heterocycles. The number of nitrogens with one attached hydrogen (secondary N) is 2. The van der Waals surface area contributed by atoms with Crippen molar-refractivity contribution in [3.63, 3.8) is 0 Å². The third-order valence-electron chi connectivity index (χ3n) is 6.98. The van der Waals surface area contributed by atoms with Crippen LogP contribution in [0.5, 0.6) is 0 Å². The zero-order valence-corrected chi connectivity index (χ0v) is 19.0. The van der Waals surface area contributed by atoms with E-state index in [9.17, 15) is 4.79 Å². The summed E-state index contributed by atoms with van der Waals surface area (Å²) < 4.78 is 5.13. The van der Waals surface area contributed by atoms with Crippen molar-refractivity contribution in [2.24, 2.45) is 5.92 Å². The van der Waals surface area contributed by atoms with Crippen LogP contribution in [0.3, 0.4) is 0 Å².